The third-order valence-electron chi connectivity index (χ3n) is 5.72. The van der Waals surface area contributed by atoms with Gasteiger partial charge in [-0.15, -0.1) is 0 Å². The van der Waals surface area contributed by atoms with Gasteiger partial charge in [-0.05, 0) is 62.6 Å². The summed E-state index contributed by atoms with van der Waals surface area (Å²) in [5, 5.41) is 3.03. The molecule has 144 valence electrons. The Morgan fingerprint density at radius 2 is 1.78 bits per heavy atom. The Kier molecular flexibility index (Phi) is 5.40. The number of benzene rings is 2. The van der Waals surface area contributed by atoms with Gasteiger partial charge in [0.2, 0.25) is 10.0 Å². The van der Waals surface area contributed by atoms with E-state index in [0.29, 0.717) is 17.7 Å². The van der Waals surface area contributed by atoms with Crippen LogP contribution in [0.5, 0.6) is 0 Å². The van der Waals surface area contributed by atoms with Crippen molar-refractivity contribution in [3.63, 3.8) is 0 Å². The van der Waals surface area contributed by atoms with Crippen molar-refractivity contribution in [3.05, 3.63) is 64.7 Å². The summed E-state index contributed by atoms with van der Waals surface area (Å²) >= 11 is 0. The molecule has 0 atom stereocenters. The van der Waals surface area contributed by atoms with E-state index < -0.39 is 10.0 Å². The Morgan fingerprint density at radius 3 is 2.33 bits per heavy atom. The molecule has 0 spiro atoms. The summed E-state index contributed by atoms with van der Waals surface area (Å²) in [5.41, 5.74) is 3.03. The lowest BCUT2D eigenvalue weighted by Gasteiger charge is -2.42. The van der Waals surface area contributed by atoms with Crippen LogP contribution < -0.4 is 10.0 Å². The molecule has 1 aliphatic carbocycles. The summed E-state index contributed by atoms with van der Waals surface area (Å²) in [6.45, 7) is 4.12. The van der Waals surface area contributed by atoms with E-state index in [1.807, 2.05) is 25.1 Å². The Hall–Kier alpha value is -2.18. The van der Waals surface area contributed by atoms with Crippen molar-refractivity contribution in [1.82, 2.24) is 10.0 Å². The number of rotatable bonds is 6. The highest BCUT2D eigenvalue weighted by Crippen LogP contribution is 2.43. The third kappa shape index (κ3) is 3.77. The smallest absolute Gasteiger partial charge is 0.251 e. The number of sulfonamides is 1. The Bertz CT molecular complexity index is 949. The Morgan fingerprint density at radius 1 is 1.11 bits per heavy atom. The standard InChI is InChI=1S/C21H26N2O3S/c1-15-12-17(13-19(16(15)2)27(25,26)22-3)20(24)23-14-21(10-7-11-21)18-8-5-4-6-9-18/h4-6,8-9,12-13,22H,7,10-11,14H2,1-3H3,(H,23,24). The first-order valence-electron chi connectivity index (χ1n) is 9.18. The van der Waals surface area contributed by atoms with Crippen molar-refractivity contribution in [2.75, 3.05) is 13.6 Å². The molecular formula is C21H26N2O3S. The summed E-state index contributed by atoms with van der Waals surface area (Å²) in [6.07, 6.45) is 3.24. The lowest BCUT2D eigenvalue weighted by Crippen LogP contribution is -2.45. The first-order valence-corrected chi connectivity index (χ1v) is 10.7. The van der Waals surface area contributed by atoms with Crippen LogP contribution in [0, 0.1) is 13.8 Å². The Labute approximate surface area is 161 Å². The molecule has 1 amide bonds. The average Bonchev–Trinajstić information content (AvgIpc) is 2.63. The van der Waals surface area contributed by atoms with Gasteiger partial charge in [0.1, 0.15) is 0 Å². The predicted octanol–water partition coefficient (Wildman–Crippen LogP) is 3.06. The lowest BCUT2D eigenvalue weighted by atomic mass is 9.64. The molecule has 0 saturated heterocycles. The van der Waals surface area contributed by atoms with Gasteiger partial charge in [0.05, 0.1) is 4.90 Å². The quantitative estimate of drug-likeness (QED) is 0.801. The summed E-state index contributed by atoms with van der Waals surface area (Å²) in [6, 6.07) is 13.5. The van der Waals surface area contributed by atoms with E-state index in [2.05, 4.69) is 22.2 Å². The van der Waals surface area contributed by atoms with E-state index in [0.717, 1.165) is 24.8 Å². The van der Waals surface area contributed by atoms with Crippen molar-refractivity contribution >= 4 is 15.9 Å². The van der Waals surface area contributed by atoms with Crippen LogP contribution in [-0.2, 0) is 15.4 Å². The number of carbonyl (C=O) groups is 1. The van der Waals surface area contributed by atoms with Gasteiger partial charge in [-0.2, -0.15) is 0 Å². The molecular weight excluding hydrogens is 360 g/mol. The number of carbonyl (C=O) groups excluding carboxylic acids is 1. The van der Waals surface area contributed by atoms with Gasteiger partial charge in [0.15, 0.2) is 0 Å². The molecule has 2 N–H and O–H groups in total. The van der Waals surface area contributed by atoms with Crippen molar-refractivity contribution in [1.29, 1.82) is 0 Å². The fourth-order valence-corrected chi connectivity index (χ4v) is 4.73. The normalized spacial score (nSPS) is 15.8. The van der Waals surface area contributed by atoms with Crippen molar-refractivity contribution in [2.24, 2.45) is 0 Å². The molecule has 1 fully saturated rings. The monoisotopic (exact) mass is 386 g/mol. The van der Waals surface area contributed by atoms with Gasteiger partial charge in [0.25, 0.3) is 5.91 Å². The molecule has 0 aromatic heterocycles. The minimum atomic E-state index is -3.62. The molecule has 0 bridgehead atoms. The van der Waals surface area contributed by atoms with Gasteiger partial charge in [-0.3, -0.25) is 4.79 Å². The fraction of sp³-hybridized carbons (Fsp3) is 0.381. The van der Waals surface area contributed by atoms with Gasteiger partial charge in [-0.25, -0.2) is 13.1 Å². The van der Waals surface area contributed by atoms with Gasteiger partial charge < -0.3 is 5.32 Å². The maximum atomic E-state index is 12.8. The number of hydrogen-bond acceptors (Lipinski definition) is 3. The molecule has 6 heteroatoms. The minimum Gasteiger partial charge on any atom is -0.351 e. The van der Waals surface area contributed by atoms with Crippen LogP contribution in [0.3, 0.4) is 0 Å². The molecule has 0 radical (unpaired) electrons. The largest absolute Gasteiger partial charge is 0.351 e. The maximum Gasteiger partial charge on any atom is 0.251 e. The summed E-state index contributed by atoms with van der Waals surface area (Å²) in [7, 11) is -2.25. The zero-order valence-corrected chi connectivity index (χ0v) is 16.8. The predicted molar refractivity (Wildman–Crippen MR) is 106 cm³/mol. The van der Waals surface area contributed by atoms with E-state index in [-0.39, 0.29) is 16.2 Å². The molecule has 5 nitrogen and oxygen atoms in total. The zero-order chi connectivity index (χ0) is 19.7. The molecule has 3 rings (SSSR count). The average molecular weight is 387 g/mol. The van der Waals surface area contributed by atoms with Crippen molar-refractivity contribution in [2.45, 2.75) is 43.4 Å². The molecule has 2 aromatic rings. The maximum absolute atomic E-state index is 12.8. The van der Waals surface area contributed by atoms with E-state index in [1.165, 1.54) is 18.7 Å². The third-order valence-corrected chi connectivity index (χ3v) is 7.26. The zero-order valence-electron chi connectivity index (χ0n) is 16.0. The second kappa shape index (κ2) is 7.44. The molecule has 0 unspecified atom stereocenters. The molecule has 1 aliphatic rings. The highest BCUT2D eigenvalue weighted by atomic mass is 32.2. The molecule has 27 heavy (non-hydrogen) atoms. The highest BCUT2D eigenvalue weighted by Gasteiger charge is 2.38. The van der Waals surface area contributed by atoms with Crippen molar-refractivity contribution in [3.8, 4) is 0 Å². The summed E-state index contributed by atoms with van der Waals surface area (Å²) in [5.74, 6) is -0.243. The van der Waals surface area contributed by atoms with Crippen LogP contribution in [0.1, 0.15) is 46.3 Å². The summed E-state index contributed by atoms with van der Waals surface area (Å²) in [4.78, 5) is 12.9. The van der Waals surface area contributed by atoms with Gasteiger partial charge in [-0.1, -0.05) is 36.8 Å². The van der Waals surface area contributed by atoms with Crippen LogP contribution in [0.2, 0.25) is 0 Å². The van der Waals surface area contributed by atoms with E-state index in [1.54, 1.807) is 13.0 Å². The van der Waals surface area contributed by atoms with E-state index >= 15 is 0 Å². The van der Waals surface area contributed by atoms with Crippen LogP contribution >= 0.6 is 0 Å². The SMILES string of the molecule is CNS(=O)(=O)c1cc(C(=O)NCC2(c3ccccc3)CCC2)cc(C)c1C. The van der Waals surface area contributed by atoms with Crippen LogP contribution in [0.15, 0.2) is 47.4 Å². The second-order valence-corrected chi connectivity index (χ2v) is 9.16. The summed E-state index contributed by atoms with van der Waals surface area (Å²) < 4.78 is 26.9. The van der Waals surface area contributed by atoms with Gasteiger partial charge in [0, 0.05) is 17.5 Å². The Balaban J connectivity index is 1.83. The molecule has 2 aromatic carbocycles. The van der Waals surface area contributed by atoms with Crippen LogP contribution in [0.4, 0.5) is 0 Å². The fourth-order valence-electron chi connectivity index (χ4n) is 3.66. The van der Waals surface area contributed by atoms with Crippen LogP contribution in [0.25, 0.3) is 0 Å². The topological polar surface area (TPSA) is 75.3 Å². The minimum absolute atomic E-state index is 0.0173. The number of aryl methyl sites for hydroxylation is 1. The van der Waals surface area contributed by atoms with E-state index in [9.17, 15) is 13.2 Å². The lowest BCUT2D eigenvalue weighted by molar-refractivity contribution is 0.0927. The first-order chi connectivity index (χ1) is 12.8. The van der Waals surface area contributed by atoms with Crippen LogP contribution in [-0.4, -0.2) is 27.9 Å². The highest BCUT2D eigenvalue weighted by molar-refractivity contribution is 7.89. The number of amides is 1. The molecule has 0 heterocycles. The molecule has 0 aliphatic heterocycles. The number of nitrogens with one attached hydrogen (secondary N) is 2. The number of hydrogen-bond donors (Lipinski definition) is 2. The van der Waals surface area contributed by atoms with E-state index in [4.69, 9.17) is 0 Å². The molecule has 1 saturated carbocycles. The van der Waals surface area contributed by atoms with Gasteiger partial charge >= 0.3 is 0 Å². The van der Waals surface area contributed by atoms with Crippen molar-refractivity contribution < 1.29 is 13.2 Å². The first kappa shape index (κ1) is 19.6. The second-order valence-electron chi connectivity index (χ2n) is 7.31.